The van der Waals surface area contributed by atoms with E-state index in [2.05, 4.69) is 32.4 Å². The lowest BCUT2D eigenvalue weighted by atomic mass is 10.2. The summed E-state index contributed by atoms with van der Waals surface area (Å²) in [5.41, 5.74) is 3.20. The molecular formula is C26H29ClN6O4S. The Labute approximate surface area is 226 Å². The van der Waals surface area contributed by atoms with Crippen molar-refractivity contribution < 1.29 is 17.9 Å². The fraction of sp³-hybridized carbons (Fsp3) is 0.269. The van der Waals surface area contributed by atoms with Crippen molar-refractivity contribution in [1.82, 2.24) is 19.9 Å². The van der Waals surface area contributed by atoms with Crippen LogP contribution < -0.4 is 20.3 Å². The number of ether oxygens (including phenoxy) is 1. The molecule has 0 aliphatic rings. The zero-order chi connectivity index (χ0) is 27.3. The molecule has 0 aliphatic heterocycles. The molecule has 10 nitrogen and oxygen atoms in total. The van der Waals surface area contributed by atoms with Crippen molar-refractivity contribution in [1.29, 1.82) is 0 Å². The van der Waals surface area contributed by atoms with Crippen molar-refractivity contribution in [3.8, 4) is 11.5 Å². The first-order chi connectivity index (χ1) is 18.1. The van der Waals surface area contributed by atoms with E-state index in [1.807, 2.05) is 54.2 Å². The van der Waals surface area contributed by atoms with Crippen LogP contribution in [-0.4, -0.2) is 61.0 Å². The van der Waals surface area contributed by atoms with Gasteiger partial charge in [0.05, 0.1) is 10.5 Å². The Morgan fingerprint density at radius 1 is 1.16 bits per heavy atom. The van der Waals surface area contributed by atoms with Gasteiger partial charge in [-0.15, -0.1) is 0 Å². The number of benzene rings is 2. The standard InChI is InChI=1S/C26H29ClN6O4S/c1-4-32(2)19-6-5-7-20(15-19)37-23-9-8-18(14-21(23)27)31-26-25-22(29-17-30-26)10-12-33(25)13-11-28-24(34)16-38(3,35)36/h5-10,12,14-15,17H,4,11,13,16H2,1-3H3,(H,28,34)(H,29,30,31). The number of nitrogens with one attached hydrogen (secondary N) is 2. The maximum Gasteiger partial charge on any atom is 0.235 e. The minimum Gasteiger partial charge on any atom is -0.456 e. The highest BCUT2D eigenvalue weighted by Crippen LogP contribution is 2.34. The Morgan fingerprint density at radius 3 is 2.71 bits per heavy atom. The molecule has 0 saturated carbocycles. The van der Waals surface area contributed by atoms with Crippen LogP contribution in [0.1, 0.15) is 6.92 Å². The van der Waals surface area contributed by atoms with E-state index in [0.29, 0.717) is 40.1 Å². The van der Waals surface area contributed by atoms with E-state index in [-0.39, 0.29) is 6.54 Å². The lowest BCUT2D eigenvalue weighted by Gasteiger charge is -2.18. The van der Waals surface area contributed by atoms with Gasteiger partial charge in [0.25, 0.3) is 0 Å². The number of carbonyl (C=O) groups is 1. The van der Waals surface area contributed by atoms with Crippen LogP contribution in [0.15, 0.2) is 61.1 Å². The molecule has 2 aromatic heterocycles. The number of hydrogen-bond acceptors (Lipinski definition) is 8. The van der Waals surface area contributed by atoms with Gasteiger partial charge in [-0.2, -0.15) is 0 Å². The first-order valence-corrected chi connectivity index (χ1v) is 14.4. The van der Waals surface area contributed by atoms with Gasteiger partial charge in [0.1, 0.15) is 29.1 Å². The maximum atomic E-state index is 11.8. The Balaban J connectivity index is 1.48. The molecule has 0 spiro atoms. The van der Waals surface area contributed by atoms with Crippen LogP contribution in [0.2, 0.25) is 5.02 Å². The quantitative estimate of drug-likeness (QED) is 0.282. The molecule has 4 aromatic rings. The van der Waals surface area contributed by atoms with Gasteiger partial charge in [-0.3, -0.25) is 4.79 Å². The van der Waals surface area contributed by atoms with E-state index < -0.39 is 21.5 Å². The second-order valence-electron chi connectivity index (χ2n) is 8.77. The van der Waals surface area contributed by atoms with Crippen molar-refractivity contribution in [3.63, 3.8) is 0 Å². The number of amides is 1. The first-order valence-electron chi connectivity index (χ1n) is 11.9. The van der Waals surface area contributed by atoms with Crippen molar-refractivity contribution in [2.24, 2.45) is 0 Å². The second kappa shape index (κ2) is 11.7. The monoisotopic (exact) mass is 556 g/mol. The van der Waals surface area contributed by atoms with Gasteiger partial charge in [-0.1, -0.05) is 17.7 Å². The Kier molecular flexibility index (Phi) is 8.38. The highest BCUT2D eigenvalue weighted by Gasteiger charge is 2.13. The number of rotatable bonds is 11. The van der Waals surface area contributed by atoms with Crippen molar-refractivity contribution in [2.75, 3.05) is 42.4 Å². The minimum atomic E-state index is -3.39. The molecular weight excluding hydrogens is 528 g/mol. The summed E-state index contributed by atoms with van der Waals surface area (Å²) in [6.45, 7) is 3.61. The molecule has 0 fully saturated rings. The normalized spacial score (nSPS) is 11.4. The molecule has 2 heterocycles. The van der Waals surface area contributed by atoms with E-state index in [1.165, 1.54) is 6.33 Å². The lowest BCUT2D eigenvalue weighted by Crippen LogP contribution is -2.32. The molecule has 200 valence electrons. The summed E-state index contributed by atoms with van der Waals surface area (Å²) in [4.78, 5) is 22.7. The van der Waals surface area contributed by atoms with Crippen LogP contribution in [0.3, 0.4) is 0 Å². The van der Waals surface area contributed by atoms with Crippen LogP contribution in [0.5, 0.6) is 11.5 Å². The molecule has 0 aliphatic carbocycles. The molecule has 0 bridgehead atoms. The summed E-state index contributed by atoms with van der Waals surface area (Å²) in [5, 5.41) is 6.33. The summed E-state index contributed by atoms with van der Waals surface area (Å²) in [5.74, 6) is 0.679. The predicted octanol–water partition coefficient (Wildman–Crippen LogP) is 4.24. The molecule has 0 radical (unpaired) electrons. The summed E-state index contributed by atoms with van der Waals surface area (Å²) in [7, 11) is -1.37. The molecule has 2 N–H and O–H groups in total. The van der Waals surface area contributed by atoms with Gasteiger partial charge in [0.15, 0.2) is 15.7 Å². The maximum absolute atomic E-state index is 11.8. The summed E-state index contributed by atoms with van der Waals surface area (Å²) in [6, 6.07) is 15.0. The molecule has 0 unspecified atom stereocenters. The molecule has 2 aromatic carbocycles. The largest absolute Gasteiger partial charge is 0.456 e. The number of nitrogens with zero attached hydrogens (tertiary/aromatic N) is 4. The summed E-state index contributed by atoms with van der Waals surface area (Å²) >= 11 is 6.55. The average Bonchev–Trinajstić information content (AvgIpc) is 3.28. The van der Waals surface area contributed by atoms with Crippen molar-refractivity contribution in [2.45, 2.75) is 13.5 Å². The molecule has 38 heavy (non-hydrogen) atoms. The smallest absolute Gasteiger partial charge is 0.235 e. The van der Waals surface area contributed by atoms with Crippen LogP contribution in [-0.2, 0) is 21.2 Å². The third-order valence-electron chi connectivity index (χ3n) is 5.77. The van der Waals surface area contributed by atoms with Crippen LogP contribution in [0, 0.1) is 0 Å². The fourth-order valence-corrected chi connectivity index (χ4v) is 4.60. The summed E-state index contributed by atoms with van der Waals surface area (Å²) in [6.07, 6.45) is 4.32. The highest BCUT2D eigenvalue weighted by atomic mass is 35.5. The molecule has 1 amide bonds. The number of sulfone groups is 1. The number of hydrogen-bond donors (Lipinski definition) is 2. The van der Waals surface area contributed by atoms with Crippen LogP contribution in [0.4, 0.5) is 17.2 Å². The average molecular weight is 557 g/mol. The number of carbonyl (C=O) groups excluding carboxylic acids is 1. The third-order valence-corrected chi connectivity index (χ3v) is 6.86. The minimum absolute atomic E-state index is 0.250. The van der Waals surface area contributed by atoms with Gasteiger partial charge < -0.3 is 24.8 Å². The van der Waals surface area contributed by atoms with Gasteiger partial charge in [-0.05, 0) is 43.3 Å². The molecule has 4 rings (SSSR count). The number of halogens is 1. The lowest BCUT2D eigenvalue weighted by molar-refractivity contribution is -0.118. The predicted molar refractivity (Wildman–Crippen MR) is 150 cm³/mol. The first kappa shape index (κ1) is 27.2. The second-order valence-corrected chi connectivity index (χ2v) is 11.3. The Morgan fingerprint density at radius 2 is 1.97 bits per heavy atom. The van der Waals surface area contributed by atoms with E-state index >= 15 is 0 Å². The number of aromatic nitrogens is 3. The molecule has 0 saturated heterocycles. The number of fused-ring (bicyclic) bond motifs is 1. The topological polar surface area (TPSA) is 118 Å². The SMILES string of the molecule is CCN(C)c1cccc(Oc2ccc(Nc3ncnc4ccn(CCNC(=O)CS(C)(=O)=O)c34)cc2Cl)c1. The van der Waals surface area contributed by atoms with Gasteiger partial charge in [-0.25, -0.2) is 18.4 Å². The Hall–Kier alpha value is -3.83. The molecule has 12 heteroatoms. The van der Waals surface area contributed by atoms with E-state index in [9.17, 15) is 13.2 Å². The van der Waals surface area contributed by atoms with E-state index in [1.54, 1.807) is 12.1 Å². The zero-order valence-corrected chi connectivity index (χ0v) is 22.9. The fourth-order valence-electron chi connectivity index (χ4n) is 3.81. The van der Waals surface area contributed by atoms with E-state index in [0.717, 1.165) is 24.0 Å². The van der Waals surface area contributed by atoms with Crippen molar-refractivity contribution >= 4 is 55.6 Å². The third kappa shape index (κ3) is 6.93. The van der Waals surface area contributed by atoms with Gasteiger partial charge in [0, 0.05) is 56.6 Å². The number of anilines is 3. The van der Waals surface area contributed by atoms with E-state index in [4.69, 9.17) is 16.3 Å². The van der Waals surface area contributed by atoms with Gasteiger partial charge >= 0.3 is 0 Å². The summed E-state index contributed by atoms with van der Waals surface area (Å²) < 4.78 is 30.5. The van der Waals surface area contributed by atoms with Crippen LogP contribution in [0.25, 0.3) is 11.0 Å². The molecule has 0 atom stereocenters. The van der Waals surface area contributed by atoms with Gasteiger partial charge in [0.2, 0.25) is 5.91 Å². The Bertz CT molecular complexity index is 1560. The van der Waals surface area contributed by atoms with Crippen molar-refractivity contribution in [3.05, 3.63) is 66.1 Å². The highest BCUT2D eigenvalue weighted by molar-refractivity contribution is 7.91. The van der Waals surface area contributed by atoms with Crippen LogP contribution >= 0.6 is 11.6 Å². The zero-order valence-electron chi connectivity index (χ0n) is 21.3.